The van der Waals surface area contributed by atoms with Crippen LogP contribution in [-0.4, -0.2) is 15.0 Å². The van der Waals surface area contributed by atoms with Crippen molar-refractivity contribution in [3.05, 3.63) is 152 Å². The van der Waals surface area contributed by atoms with Gasteiger partial charge >= 0.3 is 0 Å². The number of hydrogen-bond donors (Lipinski definition) is 0. The Kier molecular flexibility index (Phi) is 5.86. The molecule has 0 bridgehead atoms. The highest BCUT2D eigenvalue weighted by atomic mass is 16.3. The predicted molar refractivity (Wildman–Crippen MR) is 203 cm³/mol. The molecule has 0 aliphatic rings. The van der Waals surface area contributed by atoms with E-state index < -0.39 is 0 Å². The lowest BCUT2D eigenvalue weighted by Gasteiger charge is -2.11. The Labute approximate surface area is 290 Å². The van der Waals surface area contributed by atoms with E-state index in [0.29, 0.717) is 17.5 Å². The number of aromatic nitrogens is 3. The summed E-state index contributed by atoms with van der Waals surface area (Å²) >= 11 is 0. The fourth-order valence-electron chi connectivity index (χ4n) is 7.34. The molecule has 238 valence electrons. The molecular weight excluding hydrogens is 631 g/mol. The lowest BCUT2D eigenvalue weighted by atomic mass is 9.97. The SMILES string of the molecule is c1ccc(-c2nc(-c3ccc4c(c3)oc3ccccc34)nc(-c3ccc(-c4ccc5oc6ccccc6c5c4)c4oc5ccccc5c34)n2)cc1. The number of fused-ring (bicyclic) bond motifs is 9. The van der Waals surface area contributed by atoms with Crippen molar-refractivity contribution in [3.8, 4) is 45.3 Å². The Morgan fingerprint density at radius 2 is 0.863 bits per heavy atom. The summed E-state index contributed by atoms with van der Waals surface area (Å²) in [6.07, 6.45) is 0. The molecule has 4 heterocycles. The lowest BCUT2D eigenvalue weighted by molar-refractivity contribution is 0.668. The van der Waals surface area contributed by atoms with E-state index in [-0.39, 0.29) is 0 Å². The van der Waals surface area contributed by atoms with Gasteiger partial charge in [-0.25, -0.2) is 15.0 Å². The van der Waals surface area contributed by atoms with Gasteiger partial charge in [0, 0.05) is 54.6 Å². The summed E-state index contributed by atoms with van der Waals surface area (Å²) in [4.78, 5) is 15.3. The number of furan rings is 3. The molecule has 0 amide bonds. The van der Waals surface area contributed by atoms with E-state index in [2.05, 4.69) is 54.6 Å². The molecule has 4 aromatic heterocycles. The molecule has 6 heteroatoms. The van der Waals surface area contributed by atoms with Gasteiger partial charge in [-0.05, 0) is 60.2 Å². The Morgan fingerprint density at radius 1 is 0.314 bits per heavy atom. The van der Waals surface area contributed by atoms with Crippen molar-refractivity contribution in [1.29, 1.82) is 0 Å². The normalized spacial score (nSPS) is 11.9. The average molecular weight is 656 g/mol. The van der Waals surface area contributed by atoms with Crippen LogP contribution in [0.25, 0.3) is 111 Å². The highest BCUT2D eigenvalue weighted by molar-refractivity contribution is 6.16. The third-order valence-corrected chi connectivity index (χ3v) is 9.76. The second-order valence-electron chi connectivity index (χ2n) is 12.8. The zero-order chi connectivity index (χ0) is 33.5. The minimum Gasteiger partial charge on any atom is -0.456 e. The highest BCUT2D eigenvalue weighted by Gasteiger charge is 2.21. The summed E-state index contributed by atoms with van der Waals surface area (Å²) in [5.41, 5.74) is 9.53. The molecule has 11 aromatic rings. The highest BCUT2D eigenvalue weighted by Crippen LogP contribution is 2.43. The van der Waals surface area contributed by atoms with Crippen LogP contribution in [0.3, 0.4) is 0 Å². The van der Waals surface area contributed by atoms with E-state index >= 15 is 0 Å². The summed E-state index contributed by atoms with van der Waals surface area (Å²) < 4.78 is 19.1. The fraction of sp³-hybridized carbons (Fsp3) is 0. The van der Waals surface area contributed by atoms with Crippen molar-refractivity contribution in [2.45, 2.75) is 0 Å². The van der Waals surface area contributed by atoms with Gasteiger partial charge < -0.3 is 13.3 Å². The fourth-order valence-corrected chi connectivity index (χ4v) is 7.34. The molecule has 0 aliphatic carbocycles. The molecule has 0 N–H and O–H groups in total. The second-order valence-corrected chi connectivity index (χ2v) is 12.8. The van der Waals surface area contributed by atoms with Gasteiger partial charge in [0.1, 0.15) is 33.5 Å². The summed E-state index contributed by atoms with van der Waals surface area (Å²) in [6.45, 7) is 0. The van der Waals surface area contributed by atoms with E-state index in [1.165, 1.54) is 0 Å². The summed E-state index contributed by atoms with van der Waals surface area (Å²) in [6, 6.07) is 51.1. The van der Waals surface area contributed by atoms with Crippen molar-refractivity contribution in [2.75, 3.05) is 0 Å². The van der Waals surface area contributed by atoms with Crippen LogP contribution < -0.4 is 0 Å². The van der Waals surface area contributed by atoms with Crippen LogP contribution in [0.2, 0.25) is 0 Å². The summed E-state index contributed by atoms with van der Waals surface area (Å²) in [5.74, 6) is 1.70. The van der Waals surface area contributed by atoms with Crippen molar-refractivity contribution in [1.82, 2.24) is 15.0 Å². The van der Waals surface area contributed by atoms with Gasteiger partial charge in [0.15, 0.2) is 17.5 Å². The maximum atomic E-state index is 6.68. The Morgan fingerprint density at radius 3 is 1.65 bits per heavy atom. The molecule has 0 fully saturated rings. The summed E-state index contributed by atoms with van der Waals surface area (Å²) in [7, 11) is 0. The zero-order valence-corrected chi connectivity index (χ0v) is 27.0. The van der Waals surface area contributed by atoms with Crippen LogP contribution in [0.4, 0.5) is 0 Å². The molecule has 6 nitrogen and oxygen atoms in total. The second kappa shape index (κ2) is 10.7. The van der Waals surface area contributed by atoms with Crippen LogP contribution >= 0.6 is 0 Å². The molecule has 0 spiro atoms. The molecule has 0 saturated carbocycles. The van der Waals surface area contributed by atoms with Gasteiger partial charge in [0.25, 0.3) is 0 Å². The van der Waals surface area contributed by atoms with E-state index in [1.807, 2.05) is 97.1 Å². The Balaban J connectivity index is 1.15. The maximum Gasteiger partial charge on any atom is 0.164 e. The topological polar surface area (TPSA) is 78.1 Å². The minimum absolute atomic E-state index is 0.558. The number of benzene rings is 7. The van der Waals surface area contributed by atoms with Crippen LogP contribution in [0.5, 0.6) is 0 Å². The van der Waals surface area contributed by atoms with Gasteiger partial charge in [0.05, 0.1) is 0 Å². The largest absolute Gasteiger partial charge is 0.456 e. The molecule has 0 atom stereocenters. The monoisotopic (exact) mass is 655 g/mol. The first-order valence-corrected chi connectivity index (χ1v) is 16.8. The molecule has 11 rings (SSSR count). The van der Waals surface area contributed by atoms with Crippen LogP contribution in [0, 0.1) is 0 Å². The van der Waals surface area contributed by atoms with E-state index in [4.69, 9.17) is 28.2 Å². The predicted octanol–water partition coefficient (Wildman–Crippen LogP) is 12.2. The van der Waals surface area contributed by atoms with Crippen molar-refractivity contribution in [3.63, 3.8) is 0 Å². The average Bonchev–Trinajstić information content (AvgIpc) is 3.89. The number of hydrogen-bond acceptors (Lipinski definition) is 6. The molecular formula is C45H25N3O3. The lowest BCUT2D eigenvalue weighted by Crippen LogP contribution is -2.00. The first-order valence-electron chi connectivity index (χ1n) is 16.8. The zero-order valence-electron chi connectivity index (χ0n) is 27.0. The molecule has 0 saturated heterocycles. The van der Waals surface area contributed by atoms with Gasteiger partial charge in [-0.3, -0.25) is 0 Å². The van der Waals surface area contributed by atoms with Crippen LogP contribution in [-0.2, 0) is 0 Å². The molecule has 0 aliphatic heterocycles. The smallest absolute Gasteiger partial charge is 0.164 e. The first-order chi connectivity index (χ1) is 25.2. The van der Waals surface area contributed by atoms with Crippen LogP contribution in [0.1, 0.15) is 0 Å². The van der Waals surface area contributed by atoms with Crippen molar-refractivity contribution in [2.24, 2.45) is 0 Å². The van der Waals surface area contributed by atoms with Gasteiger partial charge in [-0.2, -0.15) is 0 Å². The van der Waals surface area contributed by atoms with Crippen molar-refractivity contribution < 1.29 is 13.3 Å². The summed E-state index contributed by atoms with van der Waals surface area (Å²) in [5, 5.41) is 6.21. The van der Waals surface area contributed by atoms with E-state index in [9.17, 15) is 0 Å². The quantitative estimate of drug-likeness (QED) is 0.188. The number of rotatable bonds is 4. The van der Waals surface area contributed by atoms with Gasteiger partial charge in [0.2, 0.25) is 0 Å². The molecule has 51 heavy (non-hydrogen) atoms. The standard InChI is InChI=1S/C45H25N3O3/c1-2-10-26(11-3-1)43-46-44(28-18-20-32-30-12-4-7-15-36(30)50-40(32)25-28)48-45(47-43)34-22-21-29(42-41(34)33-14-6-9-17-38(33)51-42)27-19-23-39-35(24-27)31-13-5-8-16-37(31)49-39/h1-25H. The maximum absolute atomic E-state index is 6.68. The Hall–Kier alpha value is -7.05. The number of para-hydroxylation sites is 3. The molecule has 7 aromatic carbocycles. The molecule has 0 unspecified atom stereocenters. The minimum atomic E-state index is 0.558. The number of nitrogens with zero attached hydrogens (tertiary/aromatic N) is 3. The van der Waals surface area contributed by atoms with Crippen LogP contribution in [0.15, 0.2) is 165 Å². The third kappa shape index (κ3) is 4.33. The van der Waals surface area contributed by atoms with Gasteiger partial charge in [-0.1, -0.05) is 97.1 Å². The first kappa shape index (κ1) is 27.9. The molecule has 0 radical (unpaired) electrons. The van der Waals surface area contributed by atoms with Crippen molar-refractivity contribution >= 4 is 65.8 Å². The third-order valence-electron chi connectivity index (χ3n) is 9.76. The van der Waals surface area contributed by atoms with Gasteiger partial charge in [-0.15, -0.1) is 0 Å². The van der Waals surface area contributed by atoms with E-state index in [0.717, 1.165) is 93.6 Å². The van der Waals surface area contributed by atoms with E-state index in [1.54, 1.807) is 0 Å². The Bertz CT molecular complexity index is 3150.